The molecular weight excluding hydrogens is 350 g/mol. The lowest BCUT2D eigenvalue weighted by atomic mass is 9.94. The first-order valence-electron chi connectivity index (χ1n) is 10.3. The molecule has 3 saturated heterocycles. The molecule has 0 radical (unpaired) electrons. The minimum absolute atomic E-state index is 0.206. The van der Waals surface area contributed by atoms with Gasteiger partial charge in [0, 0.05) is 58.7 Å². The first-order chi connectivity index (χ1) is 13.6. The van der Waals surface area contributed by atoms with Crippen molar-refractivity contribution in [3.63, 3.8) is 0 Å². The largest absolute Gasteiger partial charge is 0.348 e. The van der Waals surface area contributed by atoms with E-state index in [0.717, 1.165) is 32.7 Å². The highest BCUT2D eigenvalue weighted by molar-refractivity contribution is 5.77. The van der Waals surface area contributed by atoms with Crippen molar-refractivity contribution in [1.82, 2.24) is 24.5 Å². The van der Waals surface area contributed by atoms with Crippen LogP contribution in [0, 0.1) is 5.92 Å². The minimum atomic E-state index is 0.206. The topological polar surface area (TPSA) is 44.6 Å². The van der Waals surface area contributed by atoms with Gasteiger partial charge in [-0.15, -0.1) is 0 Å². The van der Waals surface area contributed by atoms with Gasteiger partial charge in [0.1, 0.15) is 0 Å². The van der Waals surface area contributed by atoms with Crippen molar-refractivity contribution in [3.05, 3.63) is 53.9 Å². The van der Waals surface area contributed by atoms with Crippen LogP contribution in [-0.4, -0.2) is 76.7 Å². The van der Waals surface area contributed by atoms with Gasteiger partial charge in [-0.3, -0.25) is 19.3 Å². The molecule has 5 rings (SSSR count). The molecule has 2 aromatic rings. The molecule has 2 bridgehead atoms. The lowest BCUT2D eigenvalue weighted by Crippen LogP contribution is -2.44. The third-order valence-electron chi connectivity index (χ3n) is 6.14. The number of hydrogen-bond donors (Lipinski definition) is 0. The van der Waals surface area contributed by atoms with Gasteiger partial charge in [0.2, 0.25) is 5.91 Å². The molecule has 3 fully saturated rings. The lowest BCUT2D eigenvalue weighted by Gasteiger charge is -2.36. The van der Waals surface area contributed by atoms with Crippen molar-refractivity contribution in [2.24, 2.45) is 5.92 Å². The molecule has 0 saturated carbocycles. The summed E-state index contributed by atoms with van der Waals surface area (Å²) in [7, 11) is 3.69. The number of benzene rings is 1. The van der Waals surface area contributed by atoms with Crippen molar-refractivity contribution in [3.8, 4) is 0 Å². The zero-order valence-corrected chi connectivity index (χ0v) is 17.0. The SMILES string of the molecule is CN(C)C(=O)CN1CC2CCC(C1)N(Cc1ccccc1Cn1cccn1)C2. The molecule has 6 nitrogen and oxygen atoms in total. The molecule has 4 heterocycles. The summed E-state index contributed by atoms with van der Waals surface area (Å²) in [5.74, 6) is 0.865. The van der Waals surface area contributed by atoms with Crippen LogP contribution in [-0.2, 0) is 17.9 Å². The second-order valence-electron chi connectivity index (χ2n) is 8.48. The molecule has 6 heteroatoms. The van der Waals surface area contributed by atoms with E-state index in [4.69, 9.17) is 0 Å². The van der Waals surface area contributed by atoms with E-state index in [1.54, 1.807) is 4.90 Å². The molecule has 2 atom stereocenters. The average molecular weight is 382 g/mol. The Morgan fingerprint density at radius 3 is 2.57 bits per heavy atom. The summed E-state index contributed by atoms with van der Waals surface area (Å²) in [6, 6.07) is 11.2. The summed E-state index contributed by atoms with van der Waals surface area (Å²) in [6.45, 7) is 5.51. The number of aromatic nitrogens is 2. The monoisotopic (exact) mass is 381 g/mol. The number of fused-ring (bicyclic) bond motifs is 4. The number of likely N-dealkylation sites (N-methyl/N-ethyl adjacent to an activating group) is 1. The number of amides is 1. The number of piperidine rings is 1. The number of rotatable bonds is 6. The van der Waals surface area contributed by atoms with Crippen LogP contribution in [0.25, 0.3) is 0 Å². The Kier molecular flexibility index (Phi) is 5.78. The van der Waals surface area contributed by atoms with Gasteiger partial charge in [-0.1, -0.05) is 24.3 Å². The summed E-state index contributed by atoms with van der Waals surface area (Å²) in [5.41, 5.74) is 2.73. The average Bonchev–Trinajstić information content (AvgIpc) is 3.04. The van der Waals surface area contributed by atoms with Gasteiger partial charge < -0.3 is 4.90 Å². The van der Waals surface area contributed by atoms with Gasteiger partial charge in [-0.05, 0) is 36.0 Å². The Morgan fingerprint density at radius 2 is 1.86 bits per heavy atom. The Hall–Kier alpha value is -2.18. The van der Waals surface area contributed by atoms with Crippen molar-refractivity contribution < 1.29 is 4.79 Å². The zero-order chi connectivity index (χ0) is 19.5. The summed E-state index contributed by atoms with van der Waals surface area (Å²) >= 11 is 0. The molecule has 150 valence electrons. The highest BCUT2D eigenvalue weighted by atomic mass is 16.2. The van der Waals surface area contributed by atoms with E-state index in [1.165, 1.54) is 24.0 Å². The normalized spacial score (nSPS) is 22.9. The van der Waals surface area contributed by atoms with Gasteiger partial charge in [-0.2, -0.15) is 5.10 Å². The third-order valence-corrected chi connectivity index (χ3v) is 6.14. The Morgan fingerprint density at radius 1 is 1.07 bits per heavy atom. The highest BCUT2D eigenvalue weighted by Crippen LogP contribution is 2.29. The van der Waals surface area contributed by atoms with Crippen molar-refractivity contribution >= 4 is 5.91 Å². The summed E-state index contributed by atoms with van der Waals surface area (Å²) in [4.78, 5) is 18.9. The molecule has 3 aliphatic heterocycles. The van der Waals surface area contributed by atoms with Crippen LogP contribution in [0.15, 0.2) is 42.7 Å². The van der Waals surface area contributed by atoms with Gasteiger partial charge in [0.25, 0.3) is 0 Å². The van der Waals surface area contributed by atoms with Gasteiger partial charge in [-0.25, -0.2) is 0 Å². The molecule has 3 aliphatic rings. The molecule has 1 amide bonds. The van der Waals surface area contributed by atoms with E-state index >= 15 is 0 Å². The Bertz CT molecular complexity index is 788. The first kappa shape index (κ1) is 19.2. The van der Waals surface area contributed by atoms with Crippen LogP contribution in [0.1, 0.15) is 24.0 Å². The fourth-order valence-corrected chi connectivity index (χ4v) is 4.58. The summed E-state index contributed by atoms with van der Waals surface area (Å²) in [6.07, 6.45) is 6.37. The molecular formula is C22H31N5O. The van der Waals surface area contributed by atoms with Crippen LogP contribution in [0.3, 0.4) is 0 Å². The van der Waals surface area contributed by atoms with Crippen molar-refractivity contribution in [2.45, 2.75) is 32.0 Å². The van der Waals surface area contributed by atoms with E-state index in [2.05, 4.69) is 39.2 Å². The van der Waals surface area contributed by atoms with Gasteiger partial charge >= 0.3 is 0 Å². The van der Waals surface area contributed by atoms with Crippen LogP contribution < -0.4 is 0 Å². The van der Waals surface area contributed by atoms with Crippen LogP contribution >= 0.6 is 0 Å². The fourth-order valence-electron chi connectivity index (χ4n) is 4.58. The molecule has 0 N–H and O–H groups in total. The Labute approximate surface area is 167 Å². The second kappa shape index (κ2) is 8.45. The number of carbonyl (C=O) groups excluding carboxylic acids is 1. The quantitative estimate of drug-likeness (QED) is 0.767. The first-order valence-corrected chi connectivity index (χ1v) is 10.3. The van der Waals surface area contributed by atoms with E-state index in [-0.39, 0.29) is 5.91 Å². The lowest BCUT2D eigenvalue weighted by molar-refractivity contribution is -0.130. The summed E-state index contributed by atoms with van der Waals surface area (Å²) in [5, 5.41) is 4.36. The smallest absolute Gasteiger partial charge is 0.236 e. The maximum Gasteiger partial charge on any atom is 0.236 e. The molecule has 28 heavy (non-hydrogen) atoms. The molecule has 1 aromatic carbocycles. The molecule has 1 aromatic heterocycles. The number of carbonyl (C=O) groups is 1. The van der Waals surface area contributed by atoms with Crippen LogP contribution in [0.4, 0.5) is 0 Å². The maximum atomic E-state index is 12.2. The fraction of sp³-hybridized carbons (Fsp3) is 0.545. The third kappa shape index (κ3) is 4.45. The van der Waals surface area contributed by atoms with E-state index in [9.17, 15) is 4.79 Å². The van der Waals surface area contributed by atoms with E-state index in [0.29, 0.717) is 18.5 Å². The summed E-state index contributed by atoms with van der Waals surface area (Å²) < 4.78 is 1.99. The minimum Gasteiger partial charge on any atom is -0.348 e. The zero-order valence-electron chi connectivity index (χ0n) is 17.0. The van der Waals surface area contributed by atoms with Crippen molar-refractivity contribution in [1.29, 1.82) is 0 Å². The van der Waals surface area contributed by atoms with Crippen LogP contribution in [0.2, 0.25) is 0 Å². The number of hydrogen-bond acceptors (Lipinski definition) is 4. The number of nitrogens with zero attached hydrogens (tertiary/aromatic N) is 5. The second-order valence-corrected chi connectivity index (χ2v) is 8.48. The van der Waals surface area contributed by atoms with E-state index < -0.39 is 0 Å². The van der Waals surface area contributed by atoms with Crippen LogP contribution in [0.5, 0.6) is 0 Å². The van der Waals surface area contributed by atoms with E-state index in [1.807, 2.05) is 37.2 Å². The molecule has 0 aliphatic carbocycles. The molecule has 0 spiro atoms. The van der Waals surface area contributed by atoms with Crippen molar-refractivity contribution in [2.75, 3.05) is 40.3 Å². The Balaban J connectivity index is 1.45. The predicted octanol–water partition coefficient (Wildman–Crippen LogP) is 1.92. The standard InChI is InChI=1S/C22H31N5O/c1-24(2)22(28)17-25-12-18-8-9-21(16-25)26(13-18)14-19-6-3-4-7-20(19)15-27-11-5-10-23-27/h3-7,10-11,18,21H,8-9,12-17H2,1-2H3. The van der Waals surface area contributed by atoms with Gasteiger partial charge in [0.15, 0.2) is 0 Å². The predicted molar refractivity (Wildman–Crippen MR) is 110 cm³/mol. The van der Waals surface area contributed by atoms with Gasteiger partial charge in [0.05, 0.1) is 13.1 Å². The highest BCUT2D eigenvalue weighted by Gasteiger charge is 2.35. The maximum absolute atomic E-state index is 12.2. The molecule has 2 unspecified atom stereocenters.